The van der Waals surface area contributed by atoms with E-state index in [0.717, 1.165) is 11.6 Å². The maximum Gasteiger partial charge on any atom is 0.331 e. The molecule has 4 nitrogen and oxygen atoms in total. The van der Waals surface area contributed by atoms with Crippen molar-refractivity contribution < 1.29 is 13.9 Å². The molecule has 0 aromatic heterocycles. The van der Waals surface area contributed by atoms with Gasteiger partial charge in [-0.25, -0.2) is 9.18 Å². The predicted molar refractivity (Wildman–Crippen MR) is 90.7 cm³/mol. The summed E-state index contributed by atoms with van der Waals surface area (Å²) in [6.45, 7) is 0.148. The lowest BCUT2D eigenvalue weighted by molar-refractivity contribution is -0.138. The number of hydrogen-bond acceptors (Lipinski definition) is 4. The Morgan fingerprint density at radius 3 is 2.58 bits per heavy atom. The van der Waals surface area contributed by atoms with E-state index >= 15 is 0 Å². The van der Waals surface area contributed by atoms with Crippen molar-refractivity contribution in [2.45, 2.75) is 6.61 Å². The van der Waals surface area contributed by atoms with Crippen molar-refractivity contribution in [3.63, 3.8) is 0 Å². The van der Waals surface area contributed by atoms with E-state index < -0.39 is 11.8 Å². The number of nitrogens with zero attached hydrogens (tertiary/aromatic N) is 2. The van der Waals surface area contributed by atoms with E-state index in [-0.39, 0.29) is 17.7 Å². The lowest BCUT2D eigenvalue weighted by Crippen LogP contribution is -2.11. The van der Waals surface area contributed by atoms with Crippen molar-refractivity contribution >= 4 is 17.7 Å². The molecule has 0 aliphatic rings. The third-order valence-electron chi connectivity index (χ3n) is 3.37. The van der Waals surface area contributed by atoms with Crippen molar-refractivity contribution in [3.05, 3.63) is 71.0 Å². The average molecular weight is 324 g/mol. The van der Waals surface area contributed by atoms with Gasteiger partial charge in [0.05, 0.1) is 5.69 Å². The van der Waals surface area contributed by atoms with Crippen LogP contribution in [0, 0.1) is 17.1 Å². The Balaban J connectivity index is 2.09. The number of ether oxygens (including phenoxy) is 1. The van der Waals surface area contributed by atoms with Crippen LogP contribution in [-0.2, 0) is 16.1 Å². The summed E-state index contributed by atoms with van der Waals surface area (Å²) in [6, 6.07) is 14.3. The zero-order valence-corrected chi connectivity index (χ0v) is 13.5. The Morgan fingerprint density at radius 2 is 1.96 bits per heavy atom. The lowest BCUT2D eigenvalue weighted by Gasteiger charge is -2.15. The van der Waals surface area contributed by atoms with Gasteiger partial charge in [0.15, 0.2) is 0 Å². The molecule has 0 bridgehead atoms. The summed E-state index contributed by atoms with van der Waals surface area (Å²) in [7, 11) is 3.46. The molecule has 0 radical (unpaired) electrons. The van der Waals surface area contributed by atoms with Crippen LogP contribution < -0.4 is 4.90 Å². The molecule has 0 unspecified atom stereocenters. The van der Waals surface area contributed by atoms with Crippen molar-refractivity contribution in [3.8, 4) is 6.07 Å². The number of halogens is 1. The largest absolute Gasteiger partial charge is 0.458 e. The van der Waals surface area contributed by atoms with E-state index in [0.29, 0.717) is 5.69 Å². The summed E-state index contributed by atoms with van der Waals surface area (Å²) in [4.78, 5) is 13.4. The topological polar surface area (TPSA) is 53.3 Å². The van der Waals surface area contributed by atoms with Crippen LogP contribution in [0.15, 0.2) is 48.5 Å². The predicted octanol–water partition coefficient (Wildman–Crippen LogP) is 3.52. The van der Waals surface area contributed by atoms with Gasteiger partial charge in [-0.05, 0) is 23.8 Å². The SMILES string of the molecule is CN(C)c1ccc(/C=C/C(=O)OCc2ccccc2)c(F)c1C#N. The Hall–Kier alpha value is -3.13. The molecule has 2 aromatic carbocycles. The van der Waals surface area contributed by atoms with Gasteiger partial charge in [-0.2, -0.15) is 5.26 Å². The van der Waals surface area contributed by atoms with Crippen LogP contribution in [0.5, 0.6) is 0 Å². The highest BCUT2D eigenvalue weighted by Gasteiger charge is 2.13. The summed E-state index contributed by atoms with van der Waals surface area (Å²) < 4.78 is 19.4. The van der Waals surface area contributed by atoms with Gasteiger partial charge in [-0.3, -0.25) is 0 Å². The molecule has 0 aliphatic heterocycles. The number of rotatable bonds is 5. The molecule has 122 valence electrons. The second kappa shape index (κ2) is 7.93. The summed E-state index contributed by atoms with van der Waals surface area (Å²) in [5, 5.41) is 9.13. The Labute approximate surface area is 140 Å². The molecule has 0 saturated carbocycles. The molecule has 0 heterocycles. The van der Waals surface area contributed by atoms with Gasteiger partial charge in [0.1, 0.15) is 24.1 Å². The fourth-order valence-electron chi connectivity index (χ4n) is 2.12. The van der Waals surface area contributed by atoms with Crippen molar-refractivity contribution in [1.82, 2.24) is 0 Å². The van der Waals surface area contributed by atoms with Crippen LogP contribution in [0.1, 0.15) is 16.7 Å². The quantitative estimate of drug-likeness (QED) is 0.624. The molecule has 0 saturated heterocycles. The maximum absolute atomic E-state index is 14.3. The monoisotopic (exact) mass is 324 g/mol. The van der Waals surface area contributed by atoms with Gasteiger partial charge >= 0.3 is 5.97 Å². The number of nitriles is 1. The van der Waals surface area contributed by atoms with E-state index in [1.165, 1.54) is 12.1 Å². The highest BCUT2D eigenvalue weighted by atomic mass is 19.1. The molecular formula is C19H17FN2O2. The molecule has 0 fully saturated rings. The fourth-order valence-corrected chi connectivity index (χ4v) is 2.12. The molecule has 0 spiro atoms. The van der Waals surface area contributed by atoms with Crippen LogP contribution in [0.25, 0.3) is 6.08 Å². The van der Waals surface area contributed by atoms with Crippen LogP contribution in [0.2, 0.25) is 0 Å². The lowest BCUT2D eigenvalue weighted by atomic mass is 10.1. The summed E-state index contributed by atoms with van der Waals surface area (Å²) in [6.07, 6.45) is 2.46. The smallest absolute Gasteiger partial charge is 0.331 e. The molecule has 0 N–H and O–H groups in total. The van der Waals surface area contributed by atoms with Crippen molar-refractivity contribution in [1.29, 1.82) is 5.26 Å². The first-order chi connectivity index (χ1) is 11.5. The van der Waals surface area contributed by atoms with Crippen molar-refractivity contribution in [2.75, 3.05) is 19.0 Å². The summed E-state index contributed by atoms with van der Waals surface area (Å²) >= 11 is 0. The van der Waals surface area contributed by atoms with E-state index in [1.54, 1.807) is 25.1 Å². The number of anilines is 1. The van der Waals surface area contributed by atoms with Crippen LogP contribution in [-0.4, -0.2) is 20.1 Å². The second-order valence-corrected chi connectivity index (χ2v) is 5.30. The molecule has 5 heteroatoms. The minimum absolute atomic E-state index is 0.0557. The Bertz CT molecular complexity index is 793. The van der Waals surface area contributed by atoms with E-state index in [4.69, 9.17) is 10.00 Å². The Kier molecular flexibility index (Phi) is 5.69. The second-order valence-electron chi connectivity index (χ2n) is 5.30. The van der Waals surface area contributed by atoms with Crippen LogP contribution >= 0.6 is 0 Å². The standard InChI is InChI=1S/C19H17FN2O2/c1-22(2)17-10-8-15(19(20)16(17)12-21)9-11-18(23)24-13-14-6-4-3-5-7-14/h3-11H,13H2,1-2H3/b11-9+. The number of hydrogen-bond donors (Lipinski definition) is 0. The number of carbonyl (C=O) groups excluding carboxylic acids is 1. The maximum atomic E-state index is 14.3. The number of carbonyl (C=O) groups is 1. The fraction of sp³-hybridized carbons (Fsp3) is 0.158. The third kappa shape index (κ3) is 4.20. The van der Waals surface area contributed by atoms with Crippen LogP contribution in [0.3, 0.4) is 0 Å². The van der Waals surface area contributed by atoms with Gasteiger partial charge in [0.2, 0.25) is 0 Å². The van der Waals surface area contributed by atoms with Gasteiger partial charge in [-0.15, -0.1) is 0 Å². The molecular weight excluding hydrogens is 307 g/mol. The number of benzene rings is 2. The highest BCUT2D eigenvalue weighted by molar-refractivity contribution is 5.87. The molecule has 0 aliphatic carbocycles. The average Bonchev–Trinajstić information content (AvgIpc) is 2.59. The van der Waals surface area contributed by atoms with E-state index in [1.807, 2.05) is 36.4 Å². The molecule has 0 amide bonds. The zero-order chi connectivity index (χ0) is 17.5. The summed E-state index contributed by atoms with van der Waals surface area (Å²) in [5.74, 6) is -1.23. The van der Waals surface area contributed by atoms with E-state index in [9.17, 15) is 9.18 Å². The normalized spacial score (nSPS) is 10.4. The first kappa shape index (κ1) is 17.2. The third-order valence-corrected chi connectivity index (χ3v) is 3.37. The Morgan fingerprint density at radius 1 is 1.25 bits per heavy atom. The van der Waals surface area contributed by atoms with Crippen LogP contribution in [0.4, 0.5) is 10.1 Å². The molecule has 2 aromatic rings. The minimum atomic E-state index is -0.657. The van der Waals surface area contributed by atoms with Gasteiger partial charge in [0, 0.05) is 25.7 Å². The molecule has 24 heavy (non-hydrogen) atoms. The van der Waals surface area contributed by atoms with Gasteiger partial charge in [0.25, 0.3) is 0 Å². The van der Waals surface area contributed by atoms with Gasteiger partial charge < -0.3 is 9.64 Å². The van der Waals surface area contributed by atoms with Crippen molar-refractivity contribution in [2.24, 2.45) is 0 Å². The molecule has 0 atom stereocenters. The highest BCUT2D eigenvalue weighted by Crippen LogP contribution is 2.24. The van der Waals surface area contributed by atoms with E-state index in [2.05, 4.69) is 0 Å². The zero-order valence-electron chi connectivity index (χ0n) is 13.5. The molecule has 2 rings (SSSR count). The first-order valence-corrected chi connectivity index (χ1v) is 7.31. The number of esters is 1. The van der Waals surface area contributed by atoms with Gasteiger partial charge in [-0.1, -0.05) is 30.3 Å². The summed E-state index contributed by atoms with van der Waals surface area (Å²) in [5.41, 5.74) is 1.46. The minimum Gasteiger partial charge on any atom is -0.458 e. The first-order valence-electron chi connectivity index (χ1n) is 7.31.